The summed E-state index contributed by atoms with van der Waals surface area (Å²) in [6, 6.07) is 0.440. The maximum absolute atomic E-state index is 5.59. The molecule has 1 aliphatic carbocycles. The van der Waals surface area contributed by atoms with Gasteiger partial charge in [-0.2, -0.15) is 0 Å². The average molecular weight is 99.2 g/mol. The largest absolute Gasteiger partial charge is 0.328 e. The molecule has 42 valence electrons. The van der Waals surface area contributed by atoms with E-state index in [2.05, 4.69) is 13.8 Å². The Labute approximate surface area is 44.9 Å². The third-order valence-electron chi connectivity index (χ3n) is 1.85. The number of rotatable bonds is 1. The Morgan fingerprint density at radius 3 is 2.14 bits per heavy atom. The number of nitrogens with two attached hydrogens (primary N) is 1. The Kier molecular flexibility index (Phi) is 1.08. The van der Waals surface area contributed by atoms with Crippen LogP contribution in [0.5, 0.6) is 0 Å². The van der Waals surface area contributed by atoms with Gasteiger partial charge in [0, 0.05) is 6.04 Å². The van der Waals surface area contributed by atoms with Crippen molar-refractivity contribution in [1.82, 2.24) is 0 Å². The quantitative estimate of drug-likeness (QED) is 0.521. The minimum atomic E-state index is 0.440. The van der Waals surface area contributed by atoms with Crippen LogP contribution in [-0.2, 0) is 0 Å². The summed E-state index contributed by atoms with van der Waals surface area (Å²) in [4.78, 5) is 0. The fraction of sp³-hybridized carbons (Fsp3) is 1.00. The summed E-state index contributed by atoms with van der Waals surface area (Å²) in [6.45, 7) is 4.35. The molecular weight excluding hydrogens is 86.1 g/mol. The van der Waals surface area contributed by atoms with Crippen molar-refractivity contribution in [1.29, 1.82) is 0 Å². The predicted molar refractivity (Wildman–Crippen MR) is 30.9 cm³/mol. The smallest absolute Gasteiger partial charge is 0.00414 e. The van der Waals surface area contributed by atoms with Crippen LogP contribution < -0.4 is 5.73 Å². The Hall–Kier alpha value is -0.0400. The van der Waals surface area contributed by atoms with E-state index < -0.39 is 0 Å². The lowest BCUT2D eigenvalue weighted by Crippen LogP contribution is -2.17. The third-order valence-corrected chi connectivity index (χ3v) is 1.85. The van der Waals surface area contributed by atoms with Crippen LogP contribution in [0.1, 0.15) is 20.3 Å². The minimum Gasteiger partial charge on any atom is -0.328 e. The van der Waals surface area contributed by atoms with Crippen molar-refractivity contribution < 1.29 is 0 Å². The molecule has 1 saturated carbocycles. The minimum absolute atomic E-state index is 0.440. The van der Waals surface area contributed by atoms with E-state index in [0.29, 0.717) is 6.04 Å². The summed E-state index contributed by atoms with van der Waals surface area (Å²) in [5, 5.41) is 0. The molecule has 3 atom stereocenters. The van der Waals surface area contributed by atoms with E-state index in [1.807, 2.05) is 0 Å². The van der Waals surface area contributed by atoms with Crippen molar-refractivity contribution in [3.05, 3.63) is 0 Å². The third kappa shape index (κ3) is 0.942. The van der Waals surface area contributed by atoms with Crippen molar-refractivity contribution >= 4 is 0 Å². The van der Waals surface area contributed by atoms with Crippen LogP contribution in [-0.4, -0.2) is 6.04 Å². The maximum atomic E-state index is 5.59. The van der Waals surface area contributed by atoms with Crippen molar-refractivity contribution in [3.63, 3.8) is 0 Å². The molecule has 0 amide bonds. The monoisotopic (exact) mass is 99.1 g/mol. The van der Waals surface area contributed by atoms with E-state index >= 15 is 0 Å². The Balaban J connectivity index is 2.20. The first kappa shape index (κ1) is 5.10. The molecule has 0 unspecified atom stereocenters. The van der Waals surface area contributed by atoms with Crippen LogP contribution >= 0.6 is 0 Å². The standard InChI is InChI=1S/C6H13N/c1-4-3-6(4)5(2)7/h4-6H,3,7H2,1-2H3/t4-,5+,6-/m1/s1. The van der Waals surface area contributed by atoms with Crippen LogP contribution in [0.3, 0.4) is 0 Å². The molecule has 1 nitrogen and oxygen atoms in total. The van der Waals surface area contributed by atoms with Gasteiger partial charge in [0.1, 0.15) is 0 Å². The second kappa shape index (κ2) is 1.48. The highest BCUT2D eigenvalue weighted by Gasteiger charge is 2.34. The topological polar surface area (TPSA) is 26.0 Å². The Bertz CT molecular complexity index is 68.6. The highest BCUT2D eigenvalue weighted by atomic mass is 14.7. The fourth-order valence-corrected chi connectivity index (χ4v) is 1.08. The van der Waals surface area contributed by atoms with Gasteiger partial charge in [-0.1, -0.05) is 6.92 Å². The van der Waals surface area contributed by atoms with Gasteiger partial charge in [0.2, 0.25) is 0 Å². The fourth-order valence-electron chi connectivity index (χ4n) is 1.08. The zero-order valence-electron chi connectivity index (χ0n) is 5.02. The molecule has 7 heavy (non-hydrogen) atoms. The molecule has 1 rings (SSSR count). The van der Waals surface area contributed by atoms with E-state index in [-0.39, 0.29) is 0 Å². The second-order valence-corrected chi connectivity index (χ2v) is 2.74. The van der Waals surface area contributed by atoms with Crippen molar-refractivity contribution in [2.24, 2.45) is 17.6 Å². The summed E-state index contributed by atoms with van der Waals surface area (Å²) in [7, 11) is 0. The molecule has 0 saturated heterocycles. The van der Waals surface area contributed by atoms with Crippen LogP contribution in [0.2, 0.25) is 0 Å². The van der Waals surface area contributed by atoms with Gasteiger partial charge in [0.25, 0.3) is 0 Å². The van der Waals surface area contributed by atoms with E-state index in [0.717, 1.165) is 11.8 Å². The SMILES string of the molecule is C[C@H](N)[C@@H]1C[C@H]1C. The first-order chi connectivity index (χ1) is 3.22. The lowest BCUT2D eigenvalue weighted by atomic mass is 10.2. The van der Waals surface area contributed by atoms with Gasteiger partial charge in [-0.25, -0.2) is 0 Å². The summed E-state index contributed by atoms with van der Waals surface area (Å²) >= 11 is 0. The van der Waals surface area contributed by atoms with Crippen molar-refractivity contribution in [2.45, 2.75) is 26.3 Å². The zero-order valence-corrected chi connectivity index (χ0v) is 5.02. The lowest BCUT2D eigenvalue weighted by molar-refractivity contribution is 0.608. The molecule has 0 aromatic heterocycles. The molecule has 0 aliphatic heterocycles. The van der Waals surface area contributed by atoms with Gasteiger partial charge >= 0.3 is 0 Å². The first-order valence-electron chi connectivity index (χ1n) is 2.97. The average Bonchev–Trinajstić information content (AvgIpc) is 2.17. The molecule has 1 heteroatoms. The summed E-state index contributed by atoms with van der Waals surface area (Å²) in [6.07, 6.45) is 1.36. The van der Waals surface area contributed by atoms with E-state index in [9.17, 15) is 0 Å². The lowest BCUT2D eigenvalue weighted by Gasteiger charge is -1.97. The van der Waals surface area contributed by atoms with Crippen LogP contribution in [0.25, 0.3) is 0 Å². The molecule has 0 aromatic carbocycles. The Morgan fingerprint density at radius 2 is 2.14 bits per heavy atom. The van der Waals surface area contributed by atoms with E-state index in [1.165, 1.54) is 6.42 Å². The molecule has 2 N–H and O–H groups in total. The van der Waals surface area contributed by atoms with Crippen LogP contribution in [0.4, 0.5) is 0 Å². The molecule has 0 radical (unpaired) electrons. The highest BCUT2D eigenvalue weighted by molar-refractivity contribution is 4.87. The molecular formula is C6H13N. The first-order valence-corrected chi connectivity index (χ1v) is 2.97. The summed E-state index contributed by atoms with van der Waals surface area (Å²) < 4.78 is 0. The predicted octanol–water partition coefficient (Wildman–Crippen LogP) is 0.990. The maximum Gasteiger partial charge on any atom is 0.00414 e. The Morgan fingerprint density at radius 1 is 1.71 bits per heavy atom. The molecule has 1 aliphatic rings. The van der Waals surface area contributed by atoms with Gasteiger partial charge < -0.3 is 5.73 Å². The number of hydrogen-bond acceptors (Lipinski definition) is 1. The molecule has 0 bridgehead atoms. The summed E-state index contributed by atoms with van der Waals surface area (Å²) in [5.41, 5.74) is 5.59. The zero-order chi connectivity index (χ0) is 5.44. The van der Waals surface area contributed by atoms with Gasteiger partial charge in [0.05, 0.1) is 0 Å². The molecule has 0 heterocycles. The van der Waals surface area contributed by atoms with Gasteiger partial charge in [-0.3, -0.25) is 0 Å². The summed E-state index contributed by atoms with van der Waals surface area (Å²) in [5.74, 6) is 1.76. The van der Waals surface area contributed by atoms with Crippen LogP contribution in [0, 0.1) is 11.8 Å². The van der Waals surface area contributed by atoms with Crippen molar-refractivity contribution in [3.8, 4) is 0 Å². The van der Waals surface area contributed by atoms with Crippen molar-refractivity contribution in [2.75, 3.05) is 0 Å². The van der Waals surface area contributed by atoms with Crippen LogP contribution in [0.15, 0.2) is 0 Å². The van der Waals surface area contributed by atoms with Gasteiger partial charge in [0.15, 0.2) is 0 Å². The van der Waals surface area contributed by atoms with E-state index in [4.69, 9.17) is 5.73 Å². The molecule has 1 fully saturated rings. The molecule has 0 spiro atoms. The van der Waals surface area contributed by atoms with Gasteiger partial charge in [-0.15, -0.1) is 0 Å². The highest BCUT2D eigenvalue weighted by Crippen LogP contribution is 2.39. The second-order valence-electron chi connectivity index (χ2n) is 2.74. The number of hydrogen-bond donors (Lipinski definition) is 1. The van der Waals surface area contributed by atoms with E-state index in [1.54, 1.807) is 0 Å². The molecule has 0 aromatic rings. The van der Waals surface area contributed by atoms with Gasteiger partial charge in [-0.05, 0) is 25.2 Å². The normalized spacial score (nSPS) is 43.3.